The van der Waals surface area contributed by atoms with Gasteiger partial charge in [-0.3, -0.25) is 10.1 Å². The van der Waals surface area contributed by atoms with Crippen LogP contribution >= 0.6 is 0 Å². The number of aromatic amines is 1. The SMILES string of the molecule is c1ccc(-c2ncn(Cc3ccncc3)c2-c2ccc(-c3ccn[nH]3)o2)cc1. The lowest BCUT2D eigenvalue weighted by atomic mass is 10.1. The first-order chi connectivity index (χ1) is 13.9. The van der Waals surface area contributed by atoms with Crippen LogP contribution in [0.1, 0.15) is 5.56 Å². The Hall–Kier alpha value is -3.93. The Balaban J connectivity index is 1.62. The molecule has 6 nitrogen and oxygen atoms in total. The highest BCUT2D eigenvalue weighted by Crippen LogP contribution is 2.34. The van der Waals surface area contributed by atoms with E-state index in [1.807, 2.05) is 54.9 Å². The molecule has 0 radical (unpaired) electrons. The van der Waals surface area contributed by atoms with Crippen molar-refractivity contribution in [3.8, 4) is 34.2 Å². The Kier molecular flexibility index (Phi) is 4.06. The number of nitrogens with one attached hydrogen (secondary N) is 1. The third-order valence-electron chi connectivity index (χ3n) is 4.59. The summed E-state index contributed by atoms with van der Waals surface area (Å²) >= 11 is 0. The van der Waals surface area contributed by atoms with Crippen molar-refractivity contribution in [1.82, 2.24) is 24.7 Å². The molecule has 0 amide bonds. The highest BCUT2D eigenvalue weighted by Gasteiger charge is 2.19. The van der Waals surface area contributed by atoms with E-state index in [0.717, 1.165) is 39.7 Å². The summed E-state index contributed by atoms with van der Waals surface area (Å²) in [5.74, 6) is 1.50. The zero-order valence-electron chi connectivity index (χ0n) is 15.0. The third-order valence-corrected chi connectivity index (χ3v) is 4.59. The molecule has 0 saturated heterocycles. The quantitative estimate of drug-likeness (QED) is 0.491. The van der Waals surface area contributed by atoms with Gasteiger partial charge in [-0.1, -0.05) is 30.3 Å². The van der Waals surface area contributed by atoms with E-state index in [9.17, 15) is 0 Å². The van der Waals surface area contributed by atoms with Crippen LogP contribution in [0.4, 0.5) is 0 Å². The van der Waals surface area contributed by atoms with Gasteiger partial charge in [-0.15, -0.1) is 0 Å². The molecule has 5 aromatic rings. The van der Waals surface area contributed by atoms with Crippen LogP contribution in [-0.2, 0) is 6.54 Å². The molecule has 28 heavy (non-hydrogen) atoms. The molecule has 1 aromatic carbocycles. The molecule has 0 saturated carbocycles. The van der Waals surface area contributed by atoms with Crippen LogP contribution in [-0.4, -0.2) is 24.7 Å². The van der Waals surface area contributed by atoms with Gasteiger partial charge in [0.25, 0.3) is 0 Å². The number of hydrogen-bond acceptors (Lipinski definition) is 4. The fourth-order valence-electron chi connectivity index (χ4n) is 3.26. The molecule has 1 N–H and O–H groups in total. The first-order valence-corrected chi connectivity index (χ1v) is 8.98. The van der Waals surface area contributed by atoms with Crippen LogP contribution in [0.25, 0.3) is 34.2 Å². The number of aromatic nitrogens is 5. The van der Waals surface area contributed by atoms with Gasteiger partial charge in [0.05, 0.1) is 12.0 Å². The molecule has 0 atom stereocenters. The highest BCUT2D eigenvalue weighted by atomic mass is 16.3. The molecule has 0 bridgehead atoms. The van der Waals surface area contributed by atoms with Gasteiger partial charge < -0.3 is 8.98 Å². The molecule has 0 aliphatic carbocycles. The van der Waals surface area contributed by atoms with Crippen LogP contribution in [0, 0.1) is 0 Å². The monoisotopic (exact) mass is 367 g/mol. The first kappa shape index (κ1) is 16.3. The molecule has 0 unspecified atom stereocenters. The summed E-state index contributed by atoms with van der Waals surface area (Å²) in [5, 5.41) is 6.94. The maximum atomic E-state index is 6.17. The molecule has 136 valence electrons. The summed E-state index contributed by atoms with van der Waals surface area (Å²) in [6.07, 6.45) is 7.16. The maximum absolute atomic E-state index is 6.17. The van der Waals surface area contributed by atoms with Crippen molar-refractivity contribution in [2.24, 2.45) is 0 Å². The Morgan fingerprint density at radius 3 is 2.46 bits per heavy atom. The normalized spacial score (nSPS) is 11.0. The molecule has 4 aromatic heterocycles. The molecule has 0 aliphatic rings. The van der Waals surface area contributed by atoms with Gasteiger partial charge in [-0.25, -0.2) is 4.98 Å². The number of nitrogens with zero attached hydrogens (tertiary/aromatic N) is 4. The smallest absolute Gasteiger partial charge is 0.153 e. The topological polar surface area (TPSA) is 72.5 Å². The molecule has 0 aliphatic heterocycles. The zero-order valence-corrected chi connectivity index (χ0v) is 15.0. The van der Waals surface area contributed by atoms with Crippen molar-refractivity contribution in [3.63, 3.8) is 0 Å². The van der Waals surface area contributed by atoms with Crippen molar-refractivity contribution in [2.75, 3.05) is 0 Å². The predicted molar refractivity (Wildman–Crippen MR) is 106 cm³/mol. The van der Waals surface area contributed by atoms with Crippen LogP contribution < -0.4 is 0 Å². The van der Waals surface area contributed by atoms with Crippen LogP contribution in [0.15, 0.2) is 90.0 Å². The third kappa shape index (κ3) is 3.01. The van der Waals surface area contributed by atoms with Gasteiger partial charge >= 0.3 is 0 Å². The van der Waals surface area contributed by atoms with Crippen molar-refractivity contribution in [1.29, 1.82) is 0 Å². The van der Waals surface area contributed by atoms with Crippen LogP contribution in [0.2, 0.25) is 0 Å². The van der Waals surface area contributed by atoms with Gasteiger partial charge in [-0.2, -0.15) is 5.10 Å². The fraction of sp³-hybridized carbons (Fsp3) is 0.0455. The average Bonchev–Trinajstić information content (AvgIpc) is 3.49. The second-order valence-electron chi connectivity index (χ2n) is 6.43. The zero-order chi connectivity index (χ0) is 18.8. The van der Waals surface area contributed by atoms with Gasteiger partial charge in [-0.05, 0) is 35.9 Å². The average molecular weight is 367 g/mol. The maximum Gasteiger partial charge on any atom is 0.153 e. The lowest BCUT2D eigenvalue weighted by molar-refractivity contribution is 0.587. The van der Waals surface area contributed by atoms with E-state index >= 15 is 0 Å². The van der Waals surface area contributed by atoms with Crippen LogP contribution in [0.5, 0.6) is 0 Å². The lowest BCUT2D eigenvalue weighted by Gasteiger charge is -2.09. The Labute approximate surface area is 161 Å². The molecule has 0 fully saturated rings. The number of benzene rings is 1. The molecule has 0 spiro atoms. The fourth-order valence-corrected chi connectivity index (χ4v) is 3.26. The number of rotatable bonds is 5. The highest BCUT2D eigenvalue weighted by molar-refractivity contribution is 5.77. The Morgan fingerprint density at radius 1 is 0.857 bits per heavy atom. The van der Waals surface area contributed by atoms with E-state index in [-0.39, 0.29) is 0 Å². The second-order valence-corrected chi connectivity index (χ2v) is 6.43. The minimum Gasteiger partial charge on any atom is -0.453 e. The van der Waals surface area contributed by atoms with Crippen molar-refractivity contribution in [3.05, 3.63) is 91.1 Å². The number of H-pyrrole nitrogens is 1. The van der Waals surface area contributed by atoms with E-state index in [4.69, 9.17) is 9.40 Å². The molecular weight excluding hydrogens is 350 g/mol. The minimum atomic E-state index is 0.678. The first-order valence-electron chi connectivity index (χ1n) is 8.98. The number of imidazole rings is 1. The summed E-state index contributed by atoms with van der Waals surface area (Å²) < 4.78 is 8.27. The van der Waals surface area contributed by atoms with Crippen molar-refractivity contribution >= 4 is 0 Å². The largest absolute Gasteiger partial charge is 0.453 e. The number of pyridine rings is 1. The number of furan rings is 1. The van der Waals surface area contributed by atoms with Crippen molar-refractivity contribution < 1.29 is 4.42 Å². The van der Waals surface area contributed by atoms with E-state index in [0.29, 0.717) is 6.54 Å². The summed E-state index contributed by atoms with van der Waals surface area (Å²) in [6.45, 7) is 0.678. The standard InChI is InChI=1S/C22H17N5O/c1-2-4-17(5-3-1)21-22(20-7-6-19(28-20)18-10-13-25-26-18)27(15-24-21)14-16-8-11-23-12-9-16/h1-13,15H,14H2,(H,25,26). The van der Waals surface area contributed by atoms with E-state index < -0.39 is 0 Å². The van der Waals surface area contributed by atoms with Gasteiger partial charge in [0.15, 0.2) is 11.5 Å². The molecule has 5 rings (SSSR count). The van der Waals surface area contributed by atoms with E-state index in [1.54, 1.807) is 18.6 Å². The summed E-state index contributed by atoms with van der Waals surface area (Å²) in [4.78, 5) is 8.80. The second kappa shape index (κ2) is 7.00. The summed E-state index contributed by atoms with van der Waals surface area (Å²) in [5.41, 5.74) is 4.86. The molecule has 4 heterocycles. The Bertz CT molecular complexity index is 1170. The van der Waals surface area contributed by atoms with Gasteiger partial charge in [0.2, 0.25) is 0 Å². The number of hydrogen-bond donors (Lipinski definition) is 1. The Morgan fingerprint density at radius 2 is 1.68 bits per heavy atom. The molecule has 6 heteroatoms. The van der Waals surface area contributed by atoms with E-state index in [2.05, 4.69) is 31.9 Å². The summed E-state index contributed by atoms with van der Waals surface area (Å²) in [7, 11) is 0. The van der Waals surface area contributed by atoms with Crippen LogP contribution in [0.3, 0.4) is 0 Å². The van der Waals surface area contributed by atoms with Crippen molar-refractivity contribution in [2.45, 2.75) is 6.54 Å². The van der Waals surface area contributed by atoms with Gasteiger partial charge in [0, 0.05) is 30.7 Å². The molecular formula is C22H17N5O. The predicted octanol–water partition coefficient (Wildman–Crippen LogP) is 4.64. The minimum absolute atomic E-state index is 0.678. The van der Waals surface area contributed by atoms with Gasteiger partial charge in [0.1, 0.15) is 11.4 Å². The lowest BCUT2D eigenvalue weighted by Crippen LogP contribution is -2.00. The van der Waals surface area contributed by atoms with E-state index in [1.165, 1.54) is 0 Å². The summed E-state index contributed by atoms with van der Waals surface area (Å²) in [6, 6.07) is 20.0.